The number of hydrazone groups is 1. The zero-order valence-corrected chi connectivity index (χ0v) is 10.8. The van der Waals surface area contributed by atoms with E-state index in [2.05, 4.69) is 10.5 Å². The Labute approximate surface area is 99.4 Å². The van der Waals surface area contributed by atoms with Crippen molar-refractivity contribution in [2.45, 2.75) is 13.8 Å². The summed E-state index contributed by atoms with van der Waals surface area (Å²) in [5.41, 5.74) is 8.95. The van der Waals surface area contributed by atoms with E-state index in [1.165, 1.54) is 24.8 Å². The molecule has 0 aromatic rings. The molecule has 0 spiro atoms. The lowest BCUT2D eigenvalue weighted by Gasteiger charge is -1.95. The first kappa shape index (κ1) is 15.2. The number of amidine groups is 1. The van der Waals surface area contributed by atoms with Crippen LogP contribution in [-0.4, -0.2) is 17.2 Å². The summed E-state index contributed by atoms with van der Waals surface area (Å²) in [5.74, 6) is 0.00419. The largest absolute Gasteiger partial charge is 1.00 e. The van der Waals surface area contributed by atoms with Crippen molar-refractivity contribution in [2.75, 3.05) is 6.26 Å². The lowest BCUT2D eigenvalue weighted by atomic mass is 10.3. The summed E-state index contributed by atoms with van der Waals surface area (Å²) >= 11 is 1.39. The van der Waals surface area contributed by atoms with Crippen molar-refractivity contribution < 1.29 is 33.9 Å². The van der Waals surface area contributed by atoms with Crippen molar-refractivity contribution in [3.8, 4) is 0 Å². The molecule has 0 unspecified atom stereocenters. The first-order chi connectivity index (χ1) is 5.56. The molecule has 76 valence electrons. The van der Waals surface area contributed by atoms with Crippen molar-refractivity contribution in [1.82, 2.24) is 5.43 Å². The van der Waals surface area contributed by atoms with Gasteiger partial charge in [0, 0.05) is 6.08 Å². The minimum absolute atomic E-state index is 0. The molecule has 0 aromatic carbocycles. The van der Waals surface area contributed by atoms with Crippen LogP contribution >= 0.6 is 11.8 Å². The van der Waals surface area contributed by atoms with Gasteiger partial charge in [-0.05, 0) is 31.9 Å². The van der Waals surface area contributed by atoms with Crippen LogP contribution in [0.5, 0.6) is 0 Å². The molecule has 4 nitrogen and oxygen atoms in total. The maximum absolute atomic E-state index is 10.6. The van der Waals surface area contributed by atoms with Crippen LogP contribution in [0.15, 0.2) is 11.8 Å². The first-order valence-electron chi connectivity index (χ1n) is 3.43. The monoisotopic (exact) mass is 315 g/mol. The van der Waals surface area contributed by atoms with Crippen LogP contribution in [-0.2, 0) is 4.79 Å². The molecule has 4 N–H and O–H groups in total. The van der Waals surface area contributed by atoms with Gasteiger partial charge in [0.05, 0.1) is 5.70 Å². The normalized spacial score (nSPS) is 11.9. The van der Waals surface area contributed by atoms with E-state index in [0.717, 1.165) is 5.70 Å². The topological polar surface area (TPSA) is 69.1 Å². The molecule has 0 aliphatic rings. The van der Waals surface area contributed by atoms with Crippen LogP contribution in [0.1, 0.15) is 13.8 Å². The number of hydrogen-bond donors (Lipinski definition) is 3. The Balaban J connectivity index is 0. The summed E-state index contributed by atoms with van der Waals surface area (Å²) in [6, 6.07) is 0. The average Bonchev–Trinajstić information content (AvgIpc) is 1.99. The van der Waals surface area contributed by atoms with Gasteiger partial charge < -0.3 is 24.0 Å². The highest BCUT2D eigenvalue weighted by Gasteiger charge is 1.94. The predicted molar refractivity (Wildman–Crippen MR) is 51.2 cm³/mol. The lowest BCUT2D eigenvalue weighted by molar-refractivity contribution is -0.514. The number of carbonyl (C=O) groups is 1. The zero-order valence-electron chi connectivity index (χ0n) is 7.85. The van der Waals surface area contributed by atoms with Crippen LogP contribution < -0.4 is 40.2 Å². The van der Waals surface area contributed by atoms with Gasteiger partial charge in [-0.3, -0.25) is 10.5 Å². The average molecular weight is 315 g/mol. The zero-order chi connectivity index (χ0) is 9.56. The number of nitrogens with two attached hydrogens (primary N) is 1. The molecule has 6 heteroatoms. The summed E-state index contributed by atoms with van der Waals surface area (Å²) in [7, 11) is 0. The van der Waals surface area contributed by atoms with Gasteiger partial charge in [0.2, 0.25) is 0 Å². The van der Waals surface area contributed by atoms with E-state index in [9.17, 15) is 4.79 Å². The second-order valence-corrected chi connectivity index (χ2v) is 3.10. The molecular weight excluding hydrogens is 301 g/mol. The van der Waals surface area contributed by atoms with Gasteiger partial charge in [-0.1, -0.05) is 0 Å². The van der Waals surface area contributed by atoms with Crippen molar-refractivity contribution in [2.24, 2.45) is 5.73 Å². The van der Waals surface area contributed by atoms with Crippen LogP contribution in [0.3, 0.4) is 0 Å². The number of hydrazine groups is 1. The lowest BCUT2D eigenvalue weighted by Crippen LogP contribution is -3.00. The molecule has 0 fully saturated rings. The van der Waals surface area contributed by atoms with E-state index in [-0.39, 0.29) is 29.8 Å². The molecule has 0 amide bonds. The fourth-order valence-electron chi connectivity index (χ4n) is 0.552. The maximum Gasteiger partial charge on any atom is 0.325 e. The fourth-order valence-corrected chi connectivity index (χ4v) is 0.705. The van der Waals surface area contributed by atoms with Gasteiger partial charge in [-0.2, -0.15) is 5.10 Å². The van der Waals surface area contributed by atoms with Gasteiger partial charge in [-0.25, -0.2) is 5.43 Å². The molecule has 13 heavy (non-hydrogen) atoms. The second-order valence-electron chi connectivity index (χ2n) is 2.26. The Bertz CT molecular complexity index is 228. The van der Waals surface area contributed by atoms with Gasteiger partial charge in [0.15, 0.2) is 5.78 Å². The number of allylic oxidation sites excluding steroid dienone is 2. The Morgan fingerprint density at radius 3 is 2.46 bits per heavy atom. The minimum atomic E-state index is 0. The molecule has 0 aliphatic carbocycles. The molecule has 0 aliphatic heterocycles. The van der Waals surface area contributed by atoms with Crippen molar-refractivity contribution >= 4 is 22.7 Å². The quantitative estimate of drug-likeness (QED) is 0.162. The van der Waals surface area contributed by atoms with Crippen LogP contribution in [0, 0.1) is 0 Å². The van der Waals surface area contributed by atoms with Gasteiger partial charge in [0.1, 0.15) is 0 Å². The van der Waals surface area contributed by atoms with E-state index < -0.39 is 0 Å². The van der Waals surface area contributed by atoms with Gasteiger partial charge >= 0.3 is 5.17 Å². The number of ketones is 1. The van der Waals surface area contributed by atoms with E-state index >= 15 is 0 Å². The summed E-state index contributed by atoms with van der Waals surface area (Å²) in [4.78, 5) is 10.6. The van der Waals surface area contributed by atoms with E-state index in [1.54, 1.807) is 6.92 Å². The number of hydrogen-bond acceptors (Lipinski definition) is 3. The Kier molecular flexibility index (Phi) is 9.80. The third-order valence-electron chi connectivity index (χ3n) is 1.02. The number of rotatable bonds is 3. The van der Waals surface area contributed by atoms with Gasteiger partial charge in [-0.15, -0.1) is 0 Å². The molecule has 0 atom stereocenters. The summed E-state index contributed by atoms with van der Waals surface area (Å²) in [6.07, 6.45) is 3.34. The number of halogens is 1. The standard InChI is InChI=1S/C7H13N3OS.HI/c1-5(4-6(2)11)9-10-7(8)12-3;/h4,9H,1-3H3,(H2,8,10);1H. The summed E-state index contributed by atoms with van der Waals surface area (Å²) < 4.78 is 0. The molecule has 0 heterocycles. The highest BCUT2D eigenvalue weighted by Crippen LogP contribution is 1.83. The third kappa shape index (κ3) is 9.68. The number of nitrogens with one attached hydrogen (secondary N) is 2. The number of thioether (sulfide) groups is 1. The first-order valence-corrected chi connectivity index (χ1v) is 4.66. The maximum atomic E-state index is 10.6. The van der Waals surface area contributed by atoms with Crippen molar-refractivity contribution in [3.63, 3.8) is 0 Å². The third-order valence-corrected chi connectivity index (χ3v) is 1.56. The molecule has 0 radical (unpaired) electrons. The van der Waals surface area contributed by atoms with Gasteiger partial charge in [0.25, 0.3) is 0 Å². The highest BCUT2D eigenvalue weighted by atomic mass is 127. The van der Waals surface area contributed by atoms with E-state index in [0.29, 0.717) is 5.17 Å². The smallest absolute Gasteiger partial charge is 0.325 e. The molecule has 0 saturated carbocycles. The molecule has 0 bridgehead atoms. The highest BCUT2D eigenvalue weighted by molar-refractivity contribution is 8.12. The van der Waals surface area contributed by atoms with Crippen LogP contribution in [0.2, 0.25) is 0 Å². The van der Waals surface area contributed by atoms with Crippen molar-refractivity contribution in [1.29, 1.82) is 0 Å². The fraction of sp³-hybridized carbons (Fsp3) is 0.429. The molecule has 0 saturated heterocycles. The van der Waals surface area contributed by atoms with E-state index in [4.69, 9.17) is 5.73 Å². The minimum Gasteiger partial charge on any atom is -1.00 e. The van der Waals surface area contributed by atoms with Crippen LogP contribution in [0.4, 0.5) is 0 Å². The molecule has 0 aromatic heterocycles. The van der Waals surface area contributed by atoms with Crippen LogP contribution in [0.25, 0.3) is 0 Å². The Hall–Kier alpha value is -0.240. The Morgan fingerprint density at radius 2 is 2.08 bits per heavy atom. The SMILES string of the molecule is CS/C(N)=[NH+]/NC(C)=CC(C)=O.[I-]. The molecule has 0 rings (SSSR count). The predicted octanol–water partition coefficient (Wildman–Crippen LogP) is -4.25. The molecular formula is C7H14IN3OS. The summed E-state index contributed by atoms with van der Waals surface area (Å²) in [5, 5.41) is 3.29. The number of carbonyl (C=O) groups excluding carboxylic acids is 1. The summed E-state index contributed by atoms with van der Waals surface area (Å²) in [6.45, 7) is 3.27. The van der Waals surface area contributed by atoms with Crippen molar-refractivity contribution in [3.05, 3.63) is 11.8 Å². The second kappa shape index (κ2) is 8.36. The Morgan fingerprint density at radius 1 is 1.54 bits per heavy atom. The van der Waals surface area contributed by atoms with E-state index in [1.807, 2.05) is 6.26 Å².